The maximum absolute atomic E-state index is 11.8. The lowest BCUT2D eigenvalue weighted by atomic mass is 9.86. The van der Waals surface area contributed by atoms with E-state index in [9.17, 15) is 4.79 Å². The average molecular weight is 281 g/mol. The van der Waals surface area contributed by atoms with Crippen molar-refractivity contribution in [2.75, 3.05) is 11.9 Å². The second-order valence-electron chi connectivity index (χ2n) is 4.98. The number of fused-ring (bicyclic) bond motifs is 1. The zero-order valence-electron chi connectivity index (χ0n) is 11.6. The van der Waals surface area contributed by atoms with E-state index in [-0.39, 0.29) is 18.4 Å². The molecule has 0 spiro atoms. The SMILES string of the molecule is C#CCOc1ccc(C2CC(=O)Nc3n[nH]c(C)c32)cc1. The van der Waals surface area contributed by atoms with E-state index >= 15 is 0 Å². The van der Waals surface area contributed by atoms with Gasteiger partial charge in [-0.3, -0.25) is 9.89 Å². The largest absolute Gasteiger partial charge is 0.481 e. The van der Waals surface area contributed by atoms with Gasteiger partial charge < -0.3 is 10.1 Å². The van der Waals surface area contributed by atoms with Gasteiger partial charge in [0.05, 0.1) is 0 Å². The quantitative estimate of drug-likeness (QED) is 0.848. The standard InChI is InChI=1S/C16H15N3O2/c1-3-8-21-12-6-4-11(5-7-12)13-9-14(20)17-16-15(13)10(2)18-19-16/h1,4-7,13H,8-9H2,2H3,(H2,17,18,19,20). The van der Waals surface area contributed by atoms with E-state index in [4.69, 9.17) is 11.2 Å². The van der Waals surface area contributed by atoms with Crippen molar-refractivity contribution in [3.8, 4) is 18.1 Å². The first-order valence-corrected chi connectivity index (χ1v) is 6.70. The second kappa shape index (κ2) is 5.33. The van der Waals surface area contributed by atoms with Crippen molar-refractivity contribution < 1.29 is 9.53 Å². The number of benzene rings is 1. The molecule has 0 radical (unpaired) electrons. The third-order valence-electron chi connectivity index (χ3n) is 3.59. The average Bonchev–Trinajstić information content (AvgIpc) is 2.86. The molecule has 1 unspecified atom stereocenters. The van der Waals surface area contributed by atoms with Gasteiger partial charge in [-0.05, 0) is 24.6 Å². The van der Waals surface area contributed by atoms with Crippen LogP contribution in [0, 0.1) is 19.3 Å². The van der Waals surface area contributed by atoms with Crippen LogP contribution in [0.2, 0.25) is 0 Å². The molecule has 2 aromatic rings. The molecule has 1 aliphatic rings. The maximum atomic E-state index is 11.8. The van der Waals surface area contributed by atoms with Crippen molar-refractivity contribution >= 4 is 11.7 Å². The van der Waals surface area contributed by atoms with E-state index in [0.29, 0.717) is 12.2 Å². The number of ether oxygens (including phenoxy) is 1. The van der Waals surface area contributed by atoms with E-state index in [1.165, 1.54) is 0 Å². The van der Waals surface area contributed by atoms with Gasteiger partial charge in [-0.25, -0.2) is 0 Å². The van der Waals surface area contributed by atoms with Crippen LogP contribution in [0.5, 0.6) is 5.75 Å². The molecule has 0 fully saturated rings. The summed E-state index contributed by atoms with van der Waals surface area (Å²) in [7, 11) is 0. The summed E-state index contributed by atoms with van der Waals surface area (Å²) in [4.78, 5) is 11.8. The first kappa shape index (κ1) is 13.3. The molecule has 0 bridgehead atoms. The van der Waals surface area contributed by atoms with Crippen LogP contribution in [0.4, 0.5) is 5.82 Å². The molecule has 5 nitrogen and oxygen atoms in total. The Morgan fingerprint density at radius 2 is 2.19 bits per heavy atom. The topological polar surface area (TPSA) is 67.0 Å². The predicted octanol–water partition coefficient (Wildman–Crippen LogP) is 2.20. The van der Waals surface area contributed by atoms with Crippen LogP contribution in [0.3, 0.4) is 0 Å². The van der Waals surface area contributed by atoms with Gasteiger partial charge in [0.1, 0.15) is 12.4 Å². The molecule has 5 heteroatoms. The minimum atomic E-state index is -0.0216. The number of nitrogens with one attached hydrogen (secondary N) is 2. The van der Waals surface area contributed by atoms with Crippen molar-refractivity contribution in [3.63, 3.8) is 0 Å². The molecule has 106 valence electrons. The second-order valence-corrected chi connectivity index (χ2v) is 4.98. The highest BCUT2D eigenvalue weighted by Crippen LogP contribution is 2.38. The van der Waals surface area contributed by atoms with Crippen LogP contribution in [0.1, 0.15) is 29.2 Å². The lowest BCUT2D eigenvalue weighted by Crippen LogP contribution is -2.23. The minimum absolute atomic E-state index is 0.00850. The molecular formula is C16H15N3O2. The summed E-state index contributed by atoms with van der Waals surface area (Å²) in [5.41, 5.74) is 3.08. The summed E-state index contributed by atoms with van der Waals surface area (Å²) in [6.07, 6.45) is 5.58. The molecule has 1 aliphatic heterocycles. The molecule has 3 rings (SSSR count). The van der Waals surface area contributed by atoms with Gasteiger partial charge in [-0.1, -0.05) is 18.1 Å². The summed E-state index contributed by atoms with van der Waals surface area (Å²) in [6, 6.07) is 7.67. The molecule has 21 heavy (non-hydrogen) atoms. The number of rotatable bonds is 3. The molecule has 0 aliphatic carbocycles. The summed E-state index contributed by atoms with van der Waals surface area (Å²) < 4.78 is 5.36. The van der Waals surface area contributed by atoms with Gasteiger partial charge in [0.25, 0.3) is 0 Å². The van der Waals surface area contributed by atoms with Crippen molar-refractivity contribution in [1.82, 2.24) is 10.2 Å². The highest BCUT2D eigenvalue weighted by Gasteiger charge is 2.30. The fourth-order valence-electron chi connectivity index (χ4n) is 2.64. The Balaban J connectivity index is 1.91. The first-order valence-electron chi connectivity index (χ1n) is 6.70. The summed E-state index contributed by atoms with van der Waals surface area (Å²) >= 11 is 0. The number of terminal acetylenes is 1. The number of amides is 1. The number of nitrogens with zero attached hydrogens (tertiary/aromatic N) is 1. The van der Waals surface area contributed by atoms with Gasteiger partial charge in [0.2, 0.25) is 5.91 Å². The molecule has 1 atom stereocenters. The lowest BCUT2D eigenvalue weighted by molar-refractivity contribution is -0.116. The lowest BCUT2D eigenvalue weighted by Gasteiger charge is -2.23. The number of anilines is 1. The molecule has 0 saturated carbocycles. The fourth-order valence-corrected chi connectivity index (χ4v) is 2.64. The van der Waals surface area contributed by atoms with Crippen molar-refractivity contribution in [3.05, 3.63) is 41.1 Å². The molecular weight excluding hydrogens is 266 g/mol. The zero-order valence-corrected chi connectivity index (χ0v) is 11.6. The summed E-state index contributed by atoms with van der Waals surface area (Å²) in [5, 5.41) is 9.86. The number of aromatic amines is 1. The molecule has 1 amide bonds. The van der Waals surface area contributed by atoms with Crippen LogP contribution in [0.15, 0.2) is 24.3 Å². The van der Waals surface area contributed by atoms with E-state index < -0.39 is 0 Å². The number of aromatic nitrogens is 2. The highest BCUT2D eigenvalue weighted by molar-refractivity contribution is 5.94. The smallest absolute Gasteiger partial charge is 0.226 e. The van der Waals surface area contributed by atoms with E-state index in [0.717, 1.165) is 22.6 Å². The van der Waals surface area contributed by atoms with E-state index in [2.05, 4.69) is 21.4 Å². The van der Waals surface area contributed by atoms with Gasteiger partial charge >= 0.3 is 0 Å². The van der Waals surface area contributed by atoms with Gasteiger partial charge in [-0.2, -0.15) is 5.10 Å². The van der Waals surface area contributed by atoms with Crippen molar-refractivity contribution in [1.29, 1.82) is 0 Å². The Bertz CT molecular complexity index is 710. The minimum Gasteiger partial charge on any atom is -0.481 e. The van der Waals surface area contributed by atoms with Gasteiger partial charge in [0.15, 0.2) is 5.82 Å². The number of carbonyl (C=O) groups excluding carboxylic acids is 1. The van der Waals surface area contributed by atoms with Crippen LogP contribution < -0.4 is 10.1 Å². The Morgan fingerprint density at radius 3 is 2.90 bits per heavy atom. The third kappa shape index (κ3) is 2.48. The fraction of sp³-hybridized carbons (Fsp3) is 0.250. The summed E-state index contributed by atoms with van der Waals surface area (Å²) in [6.45, 7) is 2.21. The van der Waals surface area contributed by atoms with Crippen LogP contribution in [-0.2, 0) is 4.79 Å². The number of hydrogen-bond acceptors (Lipinski definition) is 3. The number of hydrogen-bond donors (Lipinski definition) is 2. The number of aryl methyl sites for hydroxylation is 1. The Labute approximate surface area is 122 Å². The Kier molecular flexibility index (Phi) is 3.36. The highest BCUT2D eigenvalue weighted by atomic mass is 16.5. The molecule has 2 heterocycles. The van der Waals surface area contributed by atoms with Gasteiger partial charge in [-0.15, -0.1) is 6.42 Å². The van der Waals surface area contributed by atoms with Crippen LogP contribution >= 0.6 is 0 Å². The van der Waals surface area contributed by atoms with E-state index in [1.807, 2.05) is 31.2 Å². The van der Waals surface area contributed by atoms with Crippen molar-refractivity contribution in [2.24, 2.45) is 0 Å². The normalized spacial score (nSPS) is 16.8. The zero-order chi connectivity index (χ0) is 14.8. The number of carbonyl (C=O) groups is 1. The predicted molar refractivity (Wildman–Crippen MR) is 79.2 cm³/mol. The molecule has 2 N–H and O–H groups in total. The summed E-state index contributed by atoms with van der Waals surface area (Å²) in [5.74, 6) is 3.77. The Hall–Kier alpha value is -2.74. The van der Waals surface area contributed by atoms with Crippen molar-refractivity contribution in [2.45, 2.75) is 19.3 Å². The molecule has 1 aromatic carbocycles. The van der Waals surface area contributed by atoms with Gasteiger partial charge in [0, 0.05) is 23.6 Å². The molecule has 0 saturated heterocycles. The monoisotopic (exact) mass is 281 g/mol. The van der Waals surface area contributed by atoms with Crippen LogP contribution in [0.25, 0.3) is 0 Å². The molecule has 1 aromatic heterocycles. The third-order valence-corrected chi connectivity index (χ3v) is 3.59. The van der Waals surface area contributed by atoms with Crippen LogP contribution in [-0.4, -0.2) is 22.7 Å². The maximum Gasteiger partial charge on any atom is 0.226 e. The van der Waals surface area contributed by atoms with E-state index in [1.54, 1.807) is 0 Å². The Morgan fingerprint density at radius 1 is 1.43 bits per heavy atom. The first-order chi connectivity index (χ1) is 10.2. The number of H-pyrrole nitrogens is 1.